The molecular weight excluding hydrogens is 486 g/mol. The smallest absolute Gasteiger partial charge is 0.115 e. The molecule has 0 saturated carbocycles. The summed E-state index contributed by atoms with van der Waals surface area (Å²) in [7, 11) is 0. The van der Waals surface area contributed by atoms with Gasteiger partial charge in [0.1, 0.15) is 5.82 Å². The zero-order valence-electron chi connectivity index (χ0n) is 10.8. The van der Waals surface area contributed by atoms with E-state index in [-0.39, 0.29) is 0 Å². The third-order valence-corrected chi connectivity index (χ3v) is 4.94. The quantitative estimate of drug-likeness (QED) is 0.330. The summed E-state index contributed by atoms with van der Waals surface area (Å²) < 4.78 is 4.26. The van der Waals surface area contributed by atoms with Crippen molar-refractivity contribution in [3.63, 3.8) is 0 Å². The number of aryl methyl sites for hydroxylation is 1. The monoisotopic (exact) mass is 494 g/mol. The lowest BCUT2D eigenvalue weighted by Gasteiger charge is -2.11. The molecule has 1 heterocycles. The molecule has 0 bridgehead atoms. The Bertz CT molecular complexity index is 817. The lowest BCUT2D eigenvalue weighted by molar-refractivity contribution is 0.909. The summed E-state index contributed by atoms with van der Waals surface area (Å²) in [4.78, 5) is 4.70. The molecule has 0 spiro atoms. The molecule has 1 aromatic heterocycles. The summed E-state index contributed by atoms with van der Waals surface area (Å²) in [6.07, 6.45) is 0.715. The second-order valence-corrected chi connectivity index (χ2v) is 7.42. The number of nitrogens with zero attached hydrogens (tertiary/aromatic N) is 2. The molecule has 0 amide bonds. The Morgan fingerprint density at radius 2 is 2.00 bits per heavy atom. The lowest BCUT2D eigenvalue weighted by Crippen LogP contribution is -2.04. The van der Waals surface area contributed by atoms with Crippen LogP contribution in [0.4, 0.5) is 0 Å². The van der Waals surface area contributed by atoms with E-state index in [1.165, 1.54) is 0 Å². The van der Waals surface area contributed by atoms with E-state index >= 15 is 0 Å². The van der Waals surface area contributed by atoms with E-state index in [4.69, 9.17) is 28.2 Å². The van der Waals surface area contributed by atoms with Gasteiger partial charge < -0.3 is 0 Å². The highest BCUT2D eigenvalue weighted by Crippen LogP contribution is 2.29. The van der Waals surface area contributed by atoms with Crippen LogP contribution < -0.4 is 0 Å². The maximum Gasteiger partial charge on any atom is 0.115 e. The number of hydrogen-bond donors (Lipinski definition) is 0. The van der Waals surface area contributed by atoms with Gasteiger partial charge in [-0.2, -0.15) is 0 Å². The molecule has 2 nitrogen and oxygen atoms in total. The molecule has 0 saturated heterocycles. The van der Waals surface area contributed by atoms with Crippen LogP contribution in [-0.4, -0.2) is 15.4 Å². The van der Waals surface area contributed by atoms with Gasteiger partial charge in [-0.05, 0) is 59.0 Å². The first-order valence-corrected chi connectivity index (χ1v) is 9.07. The van der Waals surface area contributed by atoms with Crippen LogP contribution in [0.2, 0.25) is 5.02 Å². The number of halogens is 4. The van der Waals surface area contributed by atoms with Crippen LogP contribution in [-0.2, 0) is 6.42 Å². The first-order chi connectivity index (χ1) is 10.1. The lowest BCUT2D eigenvalue weighted by atomic mass is 10.2. The number of imidazole rings is 1. The highest BCUT2D eigenvalue weighted by Gasteiger charge is 2.14. The molecule has 0 aliphatic carbocycles. The molecule has 3 aromatic rings. The van der Waals surface area contributed by atoms with E-state index < -0.39 is 0 Å². The average Bonchev–Trinajstić information content (AvgIpc) is 2.77. The van der Waals surface area contributed by atoms with Gasteiger partial charge in [-0.25, -0.2) is 4.98 Å². The summed E-state index contributed by atoms with van der Waals surface area (Å²) in [6.45, 7) is 0. The second-order valence-electron chi connectivity index (χ2n) is 4.53. The summed E-state index contributed by atoms with van der Waals surface area (Å²) in [6, 6.07) is 11.9. The van der Waals surface area contributed by atoms with Crippen molar-refractivity contribution in [2.75, 3.05) is 5.88 Å². The molecule has 0 fully saturated rings. The van der Waals surface area contributed by atoms with Crippen LogP contribution in [0.1, 0.15) is 5.82 Å². The maximum absolute atomic E-state index is 6.06. The van der Waals surface area contributed by atoms with Crippen LogP contribution in [0.25, 0.3) is 16.7 Å². The van der Waals surface area contributed by atoms with E-state index in [2.05, 4.69) is 49.2 Å². The van der Waals surface area contributed by atoms with Crippen LogP contribution in [0.3, 0.4) is 0 Å². The minimum Gasteiger partial charge on any atom is -0.295 e. The molecule has 21 heavy (non-hydrogen) atoms. The SMILES string of the molecule is ClCCc1nc2ccc(Br)cc2n1-c1ccc(Cl)cc1I. The maximum atomic E-state index is 6.06. The van der Waals surface area contributed by atoms with Gasteiger partial charge in [0.25, 0.3) is 0 Å². The van der Waals surface area contributed by atoms with Crippen molar-refractivity contribution in [3.8, 4) is 5.69 Å². The molecule has 6 heteroatoms. The summed E-state index contributed by atoms with van der Waals surface area (Å²) in [5, 5.41) is 0.729. The highest BCUT2D eigenvalue weighted by molar-refractivity contribution is 14.1. The molecule has 0 unspecified atom stereocenters. The van der Waals surface area contributed by atoms with Crippen molar-refractivity contribution in [3.05, 3.63) is 55.3 Å². The molecule has 0 aliphatic rings. The number of benzene rings is 2. The summed E-state index contributed by atoms with van der Waals surface area (Å²) in [5.41, 5.74) is 3.09. The number of alkyl halides is 1. The van der Waals surface area contributed by atoms with Crippen molar-refractivity contribution in [1.82, 2.24) is 9.55 Å². The van der Waals surface area contributed by atoms with E-state index in [0.717, 1.165) is 35.6 Å². The van der Waals surface area contributed by atoms with Gasteiger partial charge >= 0.3 is 0 Å². The molecule has 2 aromatic carbocycles. The van der Waals surface area contributed by atoms with Gasteiger partial charge in [-0.1, -0.05) is 27.5 Å². The minimum absolute atomic E-state index is 0.536. The van der Waals surface area contributed by atoms with Crippen LogP contribution in [0.5, 0.6) is 0 Å². The van der Waals surface area contributed by atoms with E-state index in [1.54, 1.807) is 0 Å². The topological polar surface area (TPSA) is 17.8 Å². The Hall–Kier alpha value is -0.300. The number of fused-ring (bicyclic) bond motifs is 1. The third-order valence-electron chi connectivity index (χ3n) is 3.15. The molecular formula is C15H10BrCl2IN2. The van der Waals surface area contributed by atoms with Crippen molar-refractivity contribution in [2.45, 2.75) is 6.42 Å². The van der Waals surface area contributed by atoms with Crippen molar-refractivity contribution in [1.29, 1.82) is 0 Å². The van der Waals surface area contributed by atoms with E-state index in [1.807, 2.05) is 30.3 Å². The summed E-state index contributed by atoms with van der Waals surface area (Å²) >= 11 is 17.8. The second kappa shape index (κ2) is 6.44. The zero-order chi connectivity index (χ0) is 15.0. The minimum atomic E-state index is 0.536. The van der Waals surface area contributed by atoms with Crippen LogP contribution >= 0.6 is 61.7 Å². The Morgan fingerprint density at radius 1 is 1.19 bits per heavy atom. The molecule has 0 aliphatic heterocycles. The van der Waals surface area contributed by atoms with E-state index in [0.29, 0.717) is 12.3 Å². The molecule has 0 atom stereocenters. The van der Waals surface area contributed by atoms with Crippen molar-refractivity contribution in [2.24, 2.45) is 0 Å². The highest BCUT2D eigenvalue weighted by atomic mass is 127. The fourth-order valence-electron chi connectivity index (χ4n) is 2.28. The third kappa shape index (κ3) is 3.09. The summed E-state index contributed by atoms with van der Waals surface area (Å²) in [5.74, 6) is 1.49. The van der Waals surface area contributed by atoms with Gasteiger partial charge in [0, 0.05) is 25.4 Å². The molecule has 0 radical (unpaired) electrons. The molecule has 0 N–H and O–H groups in total. The van der Waals surface area contributed by atoms with Gasteiger partial charge in [0.2, 0.25) is 0 Å². The van der Waals surface area contributed by atoms with E-state index in [9.17, 15) is 0 Å². The Morgan fingerprint density at radius 3 is 2.71 bits per heavy atom. The standard InChI is InChI=1S/C15H10BrCl2IN2/c16-9-1-3-12-14(7-9)21(15(20-12)5-6-17)13-4-2-10(18)8-11(13)19/h1-4,7-8H,5-6H2. The number of hydrogen-bond acceptors (Lipinski definition) is 1. The van der Waals surface area contributed by atoms with Gasteiger partial charge in [-0.15, -0.1) is 11.6 Å². The van der Waals surface area contributed by atoms with Crippen molar-refractivity contribution >= 4 is 72.8 Å². The van der Waals surface area contributed by atoms with Gasteiger partial charge in [0.15, 0.2) is 0 Å². The first-order valence-electron chi connectivity index (χ1n) is 6.28. The largest absolute Gasteiger partial charge is 0.295 e. The van der Waals surface area contributed by atoms with Crippen LogP contribution in [0, 0.1) is 3.57 Å². The predicted molar refractivity (Wildman–Crippen MR) is 101 cm³/mol. The fourth-order valence-corrected chi connectivity index (χ4v) is 3.91. The van der Waals surface area contributed by atoms with Crippen LogP contribution in [0.15, 0.2) is 40.9 Å². The molecule has 108 valence electrons. The number of rotatable bonds is 3. The van der Waals surface area contributed by atoms with Crippen molar-refractivity contribution < 1.29 is 0 Å². The van der Waals surface area contributed by atoms with Gasteiger partial charge in [-0.3, -0.25) is 4.57 Å². The fraction of sp³-hybridized carbons (Fsp3) is 0.133. The Balaban J connectivity index is 2.32. The van der Waals surface area contributed by atoms with Gasteiger partial charge in [0.05, 0.1) is 16.7 Å². The predicted octanol–water partition coefficient (Wildman–Crippen LogP) is 5.83. The Labute approximate surface area is 154 Å². The average molecular weight is 496 g/mol. The zero-order valence-corrected chi connectivity index (χ0v) is 16.0. The molecule has 3 rings (SSSR count). The Kier molecular flexibility index (Phi) is 4.78. The number of aromatic nitrogens is 2. The first kappa shape index (κ1) is 15.6. The normalized spacial score (nSPS) is 11.2.